The van der Waals surface area contributed by atoms with E-state index >= 15 is 0 Å². The van der Waals surface area contributed by atoms with Gasteiger partial charge in [-0.2, -0.15) is 0 Å². The number of amides is 1. The lowest BCUT2D eigenvalue weighted by Gasteiger charge is -2.23. The van der Waals surface area contributed by atoms with Gasteiger partial charge >= 0.3 is 0 Å². The molecule has 2 aromatic heterocycles. The number of hydrogen-bond acceptors (Lipinski definition) is 10. The van der Waals surface area contributed by atoms with Crippen molar-refractivity contribution in [2.75, 3.05) is 4.90 Å². The van der Waals surface area contributed by atoms with Crippen LogP contribution in [0.25, 0.3) is 0 Å². The van der Waals surface area contributed by atoms with Gasteiger partial charge in [0.1, 0.15) is 5.82 Å². The van der Waals surface area contributed by atoms with Gasteiger partial charge in [0.2, 0.25) is 10.9 Å². The van der Waals surface area contributed by atoms with Crippen molar-refractivity contribution in [1.29, 1.82) is 0 Å². The summed E-state index contributed by atoms with van der Waals surface area (Å²) in [6.45, 7) is 0. The zero-order chi connectivity index (χ0) is 26.1. The molecule has 5 rings (SSSR count). The Balaban J connectivity index is 1.51. The molecule has 0 saturated heterocycles. The fourth-order valence-corrected chi connectivity index (χ4v) is 6.28. The number of Topliss-reactive ketones (excluding diaryl/α,β-unsaturated/α-hetero) is 1. The van der Waals surface area contributed by atoms with Gasteiger partial charge < -0.3 is 5.11 Å². The topological polar surface area (TPSA) is 127 Å². The first-order valence-corrected chi connectivity index (χ1v) is 13.3. The number of carbonyl (C=O) groups excluding carboxylic acids is 2. The molecule has 0 spiro atoms. The fraction of sp³-hybridized carbons (Fsp3) is 0.0833. The molecule has 1 amide bonds. The molecule has 0 bridgehead atoms. The van der Waals surface area contributed by atoms with E-state index < -0.39 is 28.4 Å². The summed E-state index contributed by atoms with van der Waals surface area (Å²) in [5.74, 6) is -2.03. The highest BCUT2D eigenvalue weighted by atomic mass is 32.2. The number of thioether (sulfide) groups is 1. The number of rotatable bonds is 8. The second-order valence-electron chi connectivity index (χ2n) is 7.76. The smallest absolute Gasteiger partial charge is 0.296 e. The number of aliphatic hydroxyl groups is 1. The molecule has 1 N–H and O–H groups in total. The standard InChI is InChI=1S/C24H15FN4O5S3/c25-15-8-6-13(7-9-15)12-36-24-27-26-23(37-24)28-19(14-3-1-4-16(11-14)29(33)34)18(21(31)22(28)32)20(30)17-5-2-10-35-17/h1-11,19,31H,12H2. The number of benzene rings is 2. The molecule has 1 aliphatic rings. The first kappa shape index (κ1) is 24.7. The summed E-state index contributed by atoms with van der Waals surface area (Å²) in [5, 5.41) is 32.3. The second-order valence-corrected chi connectivity index (χ2v) is 10.9. The van der Waals surface area contributed by atoms with Crippen LogP contribution in [0.15, 0.2) is 81.7 Å². The van der Waals surface area contributed by atoms with Crippen molar-refractivity contribution in [3.63, 3.8) is 0 Å². The lowest BCUT2D eigenvalue weighted by molar-refractivity contribution is -0.384. The third kappa shape index (κ3) is 4.88. The van der Waals surface area contributed by atoms with E-state index in [1.165, 1.54) is 42.1 Å². The van der Waals surface area contributed by atoms with Crippen LogP contribution >= 0.6 is 34.4 Å². The van der Waals surface area contributed by atoms with Crippen molar-refractivity contribution in [3.8, 4) is 0 Å². The van der Waals surface area contributed by atoms with Crippen molar-refractivity contribution in [3.05, 3.63) is 109 Å². The number of halogens is 1. The van der Waals surface area contributed by atoms with Gasteiger partial charge in [0, 0.05) is 17.9 Å². The van der Waals surface area contributed by atoms with Crippen molar-refractivity contribution < 1.29 is 24.0 Å². The average Bonchev–Trinajstić information content (AvgIpc) is 3.64. The summed E-state index contributed by atoms with van der Waals surface area (Å²) in [6.07, 6.45) is 0. The molecule has 37 heavy (non-hydrogen) atoms. The van der Waals surface area contributed by atoms with Crippen molar-refractivity contribution in [2.24, 2.45) is 0 Å². The number of nitro benzene ring substituents is 1. The summed E-state index contributed by atoms with van der Waals surface area (Å²) in [4.78, 5) is 38.9. The Labute approximate surface area is 221 Å². The zero-order valence-corrected chi connectivity index (χ0v) is 21.1. The average molecular weight is 555 g/mol. The number of hydrogen-bond donors (Lipinski definition) is 1. The van der Waals surface area contributed by atoms with E-state index in [9.17, 15) is 29.2 Å². The quantitative estimate of drug-likeness (QED) is 0.0963. The Morgan fingerprint density at radius 1 is 1.16 bits per heavy atom. The Morgan fingerprint density at radius 2 is 1.95 bits per heavy atom. The zero-order valence-electron chi connectivity index (χ0n) is 18.6. The van der Waals surface area contributed by atoms with Crippen molar-refractivity contribution in [2.45, 2.75) is 16.1 Å². The number of ketones is 1. The van der Waals surface area contributed by atoms with Crippen LogP contribution in [0.2, 0.25) is 0 Å². The molecular formula is C24H15FN4O5S3. The van der Waals surface area contributed by atoms with Gasteiger partial charge in [-0.1, -0.05) is 53.4 Å². The highest BCUT2D eigenvalue weighted by molar-refractivity contribution is 8.00. The van der Waals surface area contributed by atoms with Gasteiger partial charge in [0.15, 0.2) is 10.1 Å². The molecule has 0 radical (unpaired) electrons. The van der Waals surface area contributed by atoms with Crippen LogP contribution in [-0.2, 0) is 10.5 Å². The molecule has 2 aromatic carbocycles. The summed E-state index contributed by atoms with van der Waals surface area (Å²) >= 11 is 3.54. The minimum Gasteiger partial charge on any atom is -0.503 e. The molecule has 186 valence electrons. The van der Waals surface area contributed by atoms with E-state index in [0.717, 1.165) is 33.1 Å². The first-order chi connectivity index (χ1) is 17.8. The summed E-state index contributed by atoms with van der Waals surface area (Å²) in [7, 11) is 0. The van der Waals surface area contributed by atoms with E-state index in [2.05, 4.69) is 10.2 Å². The van der Waals surface area contributed by atoms with Crippen LogP contribution in [0.4, 0.5) is 15.2 Å². The van der Waals surface area contributed by atoms with Crippen LogP contribution in [0.3, 0.4) is 0 Å². The molecule has 1 unspecified atom stereocenters. The number of aliphatic hydroxyl groups excluding tert-OH is 1. The third-order valence-electron chi connectivity index (χ3n) is 5.47. The van der Waals surface area contributed by atoms with Gasteiger partial charge in [-0.25, -0.2) is 4.39 Å². The van der Waals surface area contributed by atoms with Gasteiger partial charge in [-0.05, 0) is 34.7 Å². The second kappa shape index (κ2) is 10.2. The van der Waals surface area contributed by atoms with Gasteiger partial charge in [-0.15, -0.1) is 21.5 Å². The monoisotopic (exact) mass is 554 g/mol. The molecule has 0 fully saturated rings. The molecular weight excluding hydrogens is 539 g/mol. The van der Waals surface area contributed by atoms with Crippen molar-refractivity contribution in [1.82, 2.24) is 10.2 Å². The van der Waals surface area contributed by atoms with Crippen LogP contribution in [0.5, 0.6) is 0 Å². The van der Waals surface area contributed by atoms with Gasteiger partial charge in [0.25, 0.3) is 11.6 Å². The lowest BCUT2D eigenvalue weighted by Crippen LogP contribution is -2.31. The number of non-ortho nitro benzene ring substituents is 1. The van der Waals surface area contributed by atoms with Crippen LogP contribution < -0.4 is 4.90 Å². The normalized spacial score (nSPS) is 15.4. The molecule has 1 atom stereocenters. The number of aromatic nitrogens is 2. The number of thiophene rings is 1. The van der Waals surface area contributed by atoms with Gasteiger partial charge in [-0.3, -0.25) is 24.6 Å². The Hall–Kier alpha value is -3.94. The molecule has 4 aromatic rings. The molecule has 3 heterocycles. The lowest BCUT2D eigenvalue weighted by atomic mass is 9.95. The maximum absolute atomic E-state index is 13.3. The van der Waals surface area contributed by atoms with E-state index in [0.29, 0.717) is 15.0 Å². The van der Waals surface area contributed by atoms with Crippen LogP contribution in [-0.4, -0.2) is 31.9 Å². The number of nitrogens with zero attached hydrogens (tertiary/aromatic N) is 4. The van der Waals surface area contributed by atoms with E-state index in [4.69, 9.17) is 0 Å². The van der Waals surface area contributed by atoms with E-state index in [1.807, 2.05) is 0 Å². The predicted octanol–water partition coefficient (Wildman–Crippen LogP) is 5.72. The van der Waals surface area contributed by atoms with Crippen LogP contribution in [0.1, 0.15) is 26.8 Å². The maximum atomic E-state index is 13.3. The largest absolute Gasteiger partial charge is 0.503 e. The van der Waals surface area contributed by atoms with Gasteiger partial charge in [0.05, 0.1) is 21.4 Å². The molecule has 9 nitrogen and oxygen atoms in total. The molecule has 0 saturated carbocycles. The highest BCUT2D eigenvalue weighted by Crippen LogP contribution is 2.44. The fourth-order valence-electron chi connectivity index (χ4n) is 3.78. The summed E-state index contributed by atoms with van der Waals surface area (Å²) < 4.78 is 13.7. The van der Waals surface area contributed by atoms with E-state index in [1.54, 1.807) is 35.7 Å². The van der Waals surface area contributed by atoms with Crippen molar-refractivity contribution >= 4 is 56.9 Å². The SMILES string of the molecule is O=C(C1=C(O)C(=O)N(c2nnc(SCc3ccc(F)cc3)s2)C1c1cccc([N+](=O)[O-])c1)c1cccs1. The molecule has 0 aliphatic carbocycles. The summed E-state index contributed by atoms with van der Waals surface area (Å²) in [6, 6.07) is 13.6. The van der Waals surface area contributed by atoms with Crippen LogP contribution in [0, 0.1) is 15.9 Å². The molecule has 13 heteroatoms. The minimum atomic E-state index is -1.15. The Bertz CT molecular complexity index is 1540. The minimum absolute atomic E-state index is 0.114. The summed E-state index contributed by atoms with van der Waals surface area (Å²) in [5.41, 5.74) is 0.705. The highest BCUT2D eigenvalue weighted by Gasteiger charge is 2.46. The predicted molar refractivity (Wildman–Crippen MR) is 137 cm³/mol. The number of anilines is 1. The van der Waals surface area contributed by atoms with E-state index in [-0.39, 0.29) is 27.8 Å². The third-order valence-corrected chi connectivity index (χ3v) is 8.47. The number of nitro groups is 1. The maximum Gasteiger partial charge on any atom is 0.296 e. The Morgan fingerprint density at radius 3 is 2.65 bits per heavy atom. The Kier molecular flexibility index (Phi) is 6.82. The number of carbonyl (C=O) groups is 2. The molecule has 1 aliphatic heterocycles. The first-order valence-electron chi connectivity index (χ1n) is 10.6.